The van der Waals surface area contributed by atoms with Crippen LogP contribution in [0.3, 0.4) is 0 Å². The molecule has 2 aliphatic heterocycles. The summed E-state index contributed by atoms with van der Waals surface area (Å²) in [7, 11) is 0. The Morgan fingerprint density at radius 1 is 1.24 bits per heavy atom. The molecule has 0 bridgehead atoms. The number of anilines is 1. The van der Waals surface area contributed by atoms with Gasteiger partial charge in [0, 0.05) is 38.8 Å². The van der Waals surface area contributed by atoms with Crippen LogP contribution in [0.25, 0.3) is 5.70 Å². The van der Waals surface area contributed by atoms with Gasteiger partial charge in [-0.2, -0.15) is 0 Å². The van der Waals surface area contributed by atoms with Crippen LogP contribution < -0.4 is 10.6 Å². The third kappa shape index (κ3) is 5.24. The lowest BCUT2D eigenvalue weighted by atomic mass is 9.80. The van der Waals surface area contributed by atoms with Gasteiger partial charge in [0.15, 0.2) is 23.2 Å². The molecule has 2 fully saturated rings. The van der Waals surface area contributed by atoms with E-state index in [1.165, 1.54) is 19.1 Å². The van der Waals surface area contributed by atoms with Gasteiger partial charge in [-0.15, -0.1) is 0 Å². The number of allylic oxidation sites excluding steroid dienone is 1. The van der Waals surface area contributed by atoms with Crippen LogP contribution in [-0.2, 0) is 16.1 Å². The molecule has 1 aromatic heterocycles. The number of nitrogens with two attached hydrogens (primary N) is 1. The van der Waals surface area contributed by atoms with E-state index in [2.05, 4.69) is 15.0 Å². The molecule has 0 amide bonds. The van der Waals surface area contributed by atoms with Crippen molar-refractivity contribution in [3.63, 3.8) is 0 Å². The highest BCUT2D eigenvalue weighted by molar-refractivity contribution is 6.44. The summed E-state index contributed by atoms with van der Waals surface area (Å²) in [6.45, 7) is 4.18. The average Bonchev–Trinajstić information content (AvgIpc) is 3.20. The largest absolute Gasteiger partial charge is 0.396 e. The highest BCUT2D eigenvalue weighted by atomic mass is 19.1. The highest BCUT2D eigenvalue weighted by Gasteiger charge is 2.40. The van der Waals surface area contributed by atoms with Crippen molar-refractivity contribution < 1.29 is 18.3 Å². The Kier molecular flexibility index (Phi) is 6.78. The molecule has 2 N–H and O–H groups in total. The van der Waals surface area contributed by atoms with Gasteiger partial charge in [0.25, 0.3) is 0 Å². The van der Waals surface area contributed by atoms with Crippen molar-refractivity contribution in [2.24, 2.45) is 16.1 Å². The predicted molar refractivity (Wildman–Crippen MR) is 122 cm³/mol. The molecule has 0 radical (unpaired) electrons. The number of carbonyl (C=O) groups excluding carboxylic acids is 1. The summed E-state index contributed by atoms with van der Waals surface area (Å²) >= 11 is 0. The SMILES string of the molecule is CC(=O)C(C=C(N)c1ncc(F)c(N2CCC3(CCOCC3)C2)n1)=NCc1ccccc1F. The minimum Gasteiger partial charge on any atom is -0.396 e. The van der Waals surface area contributed by atoms with Crippen molar-refractivity contribution in [3.8, 4) is 0 Å². The van der Waals surface area contributed by atoms with Crippen molar-refractivity contribution in [3.05, 3.63) is 59.6 Å². The molecule has 0 saturated carbocycles. The molecular weight excluding hydrogens is 428 g/mol. The van der Waals surface area contributed by atoms with E-state index in [1.807, 2.05) is 4.90 Å². The summed E-state index contributed by atoms with van der Waals surface area (Å²) in [6, 6.07) is 6.21. The molecular formula is C24H27F2N5O2. The van der Waals surface area contributed by atoms with E-state index in [4.69, 9.17) is 10.5 Å². The van der Waals surface area contributed by atoms with E-state index in [0.29, 0.717) is 18.7 Å². The molecule has 4 rings (SSSR count). The number of halogens is 2. The molecule has 174 valence electrons. The van der Waals surface area contributed by atoms with Crippen LogP contribution >= 0.6 is 0 Å². The number of Topliss-reactive ketones (excluding diaryl/α,β-unsaturated/α-hetero) is 1. The van der Waals surface area contributed by atoms with E-state index < -0.39 is 11.6 Å². The van der Waals surface area contributed by atoms with E-state index in [-0.39, 0.29) is 40.8 Å². The van der Waals surface area contributed by atoms with Gasteiger partial charge in [-0.1, -0.05) is 18.2 Å². The monoisotopic (exact) mass is 455 g/mol. The summed E-state index contributed by atoms with van der Waals surface area (Å²) in [4.78, 5) is 26.6. The summed E-state index contributed by atoms with van der Waals surface area (Å²) in [5.74, 6) is -0.944. The number of ether oxygens (including phenoxy) is 1. The number of hydrogen-bond donors (Lipinski definition) is 1. The molecule has 2 saturated heterocycles. The number of aromatic nitrogens is 2. The minimum atomic E-state index is -0.518. The molecule has 0 unspecified atom stereocenters. The first kappa shape index (κ1) is 23.0. The molecule has 2 aliphatic rings. The van der Waals surface area contributed by atoms with Gasteiger partial charge in [-0.05, 0) is 36.8 Å². The standard InChI is InChI=1S/C24H27F2N5O2/c1-16(32)21(28-13-17-4-2-3-5-18(17)25)12-20(27)22-29-14-19(26)23(30-22)31-9-6-24(15-31)7-10-33-11-8-24/h2-5,12,14H,6-11,13,15,27H2,1H3. The maximum absolute atomic E-state index is 14.6. The van der Waals surface area contributed by atoms with Crippen LogP contribution in [-0.4, -0.2) is 47.8 Å². The molecule has 0 atom stereocenters. The Balaban J connectivity index is 1.56. The molecule has 0 aliphatic carbocycles. The molecule has 33 heavy (non-hydrogen) atoms. The number of aliphatic imine (C=N–C) groups is 1. The lowest BCUT2D eigenvalue weighted by molar-refractivity contribution is -0.111. The Labute approximate surface area is 191 Å². The first-order valence-corrected chi connectivity index (χ1v) is 11.0. The summed E-state index contributed by atoms with van der Waals surface area (Å²) in [5, 5.41) is 0. The third-order valence-electron chi connectivity index (χ3n) is 6.31. The van der Waals surface area contributed by atoms with Crippen molar-refractivity contribution in [1.82, 2.24) is 9.97 Å². The van der Waals surface area contributed by atoms with Crippen LogP contribution in [0, 0.1) is 17.0 Å². The lowest BCUT2D eigenvalue weighted by Crippen LogP contribution is -2.33. The fourth-order valence-electron chi connectivity index (χ4n) is 4.31. The van der Waals surface area contributed by atoms with Gasteiger partial charge in [0.1, 0.15) is 11.5 Å². The fourth-order valence-corrected chi connectivity index (χ4v) is 4.31. The second-order valence-electron chi connectivity index (χ2n) is 8.60. The van der Waals surface area contributed by atoms with Gasteiger partial charge < -0.3 is 15.4 Å². The molecule has 7 nitrogen and oxygen atoms in total. The second kappa shape index (κ2) is 9.74. The van der Waals surface area contributed by atoms with Gasteiger partial charge in [-0.25, -0.2) is 18.7 Å². The lowest BCUT2D eigenvalue weighted by Gasteiger charge is -2.33. The van der Waals surface area contributed by atoms with Gasteiger partial charge in [-0.3, -0.25) is 9.79 Å². The molecule has 9 heteroatoms. The van der Waals surface area contributed by atoms with Crippen molar-refractivity contribution >= 4 is 23.0 Å². The number of nitrogens with zero attached hydrogens (tertiary/aromatic N) is 4. The van der Waals surface area contributed by atoms with Crippen LogP contribution in [0.2, 0.25) is 0 Å². The first-order valence-electron chi connectivity index (χ1n) is 11.0. The number of benzene rings is 1. The average molecular weight is 456 g/mol. The first-order chi connectivity index (χ1) is 15.9. The smallest absolute Gasteiger partial charge is 0.183 e. The van der Waals surface area contributed by atoms with Crippen LogP contribution in [0.15, 0.2) is 41.5 Å². The molecule has 1 aromatic carbocycles. The second-order valence-corrected chi connectivity index (χ2v) is 8.60. The quantitative estimate of drug-likeness (QED) is 0.672. The van der Waals surface area contributed by atoms with E-state index in [9.17, 15) is 13.6 Å². The Morgan fingerprint density at radius 3 is 2.73 bits per heavy atom. The fraction of sp³-hybridized carbons (Fsp3) is 0.417. The number of ketones is 1. The van der Waals surface area contributed by atoms with Crippen molar-refractivity contribution in [1.29, 1.82) is 0 Å². The minimum absolute atomic E-state index is 0.0134. The summed E-state index contributed by atoms with van der Waals surface area (Å²) in [6.07, 6.45) is 5.30. The van der Waals surface area contributed by atoms with Crippen molar-refractivity contribution in [2.45, 2.75) is 32.7 Å². The zero-order chi connectivity index (χ0) is 23.4. The van der Waals surface area contributed by atoms with Crippen molar-refractivity contribution in [2.75, 3.05) is 31.2 Å². The van der Waals surface area contributed by atoms with E-state index in [1.54, 1.807) is 18.2 Å². The van der Waals surface area contributed by atoms with Gasteiger partial charge in [0.2, 0.25) is 0 Å². The van der Waals surface area contributed by atoms with Crippen LogP contribution in [0.1, 0.15) is 37.6 Å². The molecule has 2 aromatic rings. The topological polar surface area (TPSA) is 93.7 Å². The van der Waals surface area contributed by atoms with Gasteiger partial charge in [0.05, 0.1) is 18.4 Å². The number of hydrogen-bond acceptors (Lipinski definition) is 7. The summed E-state index contributed by atoms with van der Waals surface area (Å²) < 4.78 is 34.0. The third-order valence-corrected chi connectivity index (χ3v) is 6.31. The Hall–Kier alpha value is -3.20. The molecule has 3 heterocycles. The predicted octanol–water partition coefficient (Wildman–Crippen LogP) is 3.29. The zero-order valence-electron chi connectivity index (χ0n) is 18.6. The normalized spacial score (nSPS) is 18.7. The van der Waals surface area contributed by atoms with Crippen LogP contribution in [0.4, 0.5) is 14.6 Å². The number of rotatable bonds is 6. The molecule has 1 spiro atoms. The van der Waals surface area contributed by atoms with E-state index >= 15 is 0 Å². The maximum atomic E-state index is 14.6. The Bertz CT molecular complexity index is 1100. The van der Waals surface area contributed by atoms with Gasteiger partial charge >= 0.3 is 0 Å². The van der Waals surface area contributed by atoms with E-state index in [0.717, 1.165) is 38.7 Å². The number of carbonyl (C=O) groups is 1. The maximum Gasteiger partial charge on any atom is 0.183 e. The Morgan fingerprint density at radius 2 is 2.00 bits per heavy atom. The zero-order valence-corrected chi connectivity index (χ0v) is 18.6. The highest BCUT2D eigenvalue weighted by Crippen LogP contribution is 2.41. The summed E-state index contributed by atoms with van der Waals surface area (Å²) in [5.41, 5.74) is 6.79. The van der Waals surface area contributed by atoms with Crippen LogP contribution in [0.5, 0.6) is 0 Å².